The van der Waals surface area contributed by atoms with E-state index in [1.807, 2.05) is 0 Å². The van der Waals surface area contributed by atoms with Crippen molar-refractivity contribution in [2.45, 2.75) is 13.0 Å². The molecule has 2 rings (SSSR count). The van der Waals surface area contributed by atoms with E-state index in [2.05, 4.69) is 64.0 Å². The topological polar surface area (TPSA) is 15.3 Å². The van der Waals surface area contributed by atoms with Crippen LogP contribution in [0.15, 0.2) is 24.3 Å². The Morgan fingerprint density at radius 1 is 1.36 bits per heavy atom. The molecule has 0 spiro atoms. The molecule has 3 heteroatoms. The number of hydrogen-bond acceptors (Lipinski definition) is 2. The van der Waals surface area contributed by atoms with Gasteiger partial charge in [-0.25, -0.2) is 0 Å². The molecular weight excluding hydrogens is 287 g/mol. The van der Waals surface area contributed by atoms with E-state index >= 15 is 0 Å². The molecule has 1 atom stereocenters. The zero-order valence-electron chi connectivity index (χ0n) is 8.33. The van der Waals surface area contributed by atoms with Gasteiger partial charge in [-0.1, -0.05) is 0 Å². The fraction of sp³-hybridized carbons (Fsp3) is 0.455. The summed E-state index contributed by atoms with van der Waals surface area (Å²) in [5.74, 6) is 0. The van der Waals surface area contributed by atoms with E-state index in [0.717, 1.165) is 19.6 Å². The van der Waals surface area contributed by atoms with E-state index in [1.54, 1.807) is 0 Å². The highest BCUT2D eigenvalue weighted by atomic mass is 127. The first-order valence-electron chi connectivity index (χ1n) is 4.99. The van der Waals surface area contributed by atoms with Crippen LogP contribution >= 0.6 is 22.6 Å². The minimum Gasteiger partial charge on any atom is -0.369 e. The Kier molecular flexibility index (Phi) is 3.28. The SMILES string of the molecule is CC1CN(c2ccc(I)cc2)CCN1. The van der Waals surface area contributed by atoms with Crippen molar-refractivity contribution in [2.24, 2.45) is 0 Å². The minimum atomic E-state index is 0.600. The van der Waals surface area contributed by atoms with E-state index in [9.17, 15) is 0 Å². The zero-order valence-corrected chi connectivity index (χ0v) is 10.5. The summed E-state index contributed by atoms with van der Waals surface area (Å²) >= 11 is 2.34. The van der Waals surface area contributed by atoms with Crippen LogP contribution in [0.3, 0.4) is 0 Å². The van der Waals surface area contributed by atoms with Gasteiger partial charge in [0.2, 0.25) is 0 Å². The first-order valence-corrected chi connectivity index (χ1v) is 6.07. The summed E-state index contributed by atoms with van der Waals surface area (Å²) in [5, 5.41) is 3.45. The summed E-state index contributed by atoms with van der Waals surface area (Å²) in [4.78, 5) is 2.44. The van der Waals surface area contributed by atoms with Crippen LogP contribution in [0.1, 0.15) is 6.92 Å². The number of anilines is 1. The Balaban J connectivity index is 2.10. The lowest BCUT2D eigenvalue weighted by molar-refractivity contribution is 0.485. The number of benzene rings is 1. The average Bonchev–Trinajstić information content (AvgIpc) is 2.19. The van der Waals surface area contributed by atoms with Crippen molar-refractivity contribution < 1.29 is 0 Å². The van der Waals surface area contributed by atoms with Gasteiger partial charge in [0.15, 0.2) is 0 Å². The Hall–Kier alpha value is -0.290. The molecule has 1 unspecified atom stereocenters. The van der Waals surface area contributed by atoms with Crippen molar-refractivity contribution in [1.29, 1.82) is 0 Å². The van der Waals surface area contributed by atoms with Crippen LogP contribution in [0, 0.1) is 3.57 Å². The van der Waals surface area contributed by atoms with Gasteiger partial charge in [0.1, 0.15) is 0 Å². The molecule has 0 aliphatic carbocycles. The van der Waals surface area contributed by atoms with Gasteiger partial charge in [0.25, 0.3) is 0 Å². The van der Waals surface area contributed by atoms with Gasteiger partial charge in [0, 0.05) is 34.9 Å². The van der Waals surface area contributed by atoms with E-state index < -0.39 is 0 Å². The van der Waals surface area contributed by atoms with Crippen molar-refractivity contribution in [3.63, 3.8) is 0 Å². The van der Waals surface area contributed by atoms with Crippen molar-refractivity contribution in [3.05, 3.63) is 27.8 Å². The monoisotopic (exact) mass is 302 g/mol. The molecule has 0 aromatic heterocycles. The molecule has 1 N–H and O–H groups in total. The van der Waals surface area contributed by atoms with Crippen LogP contribution in [-0.2, 0) is 0 Å². The average molecular weight is 302 g/mol. The Labute approximate surface area is 98.8 Å². The molecule has 14 heavy (non-hydrogen) atoms. The van der Waals surface area contributed by atoms with Gasteiger partial charge in [-0.15, -0.1) is 0 Å². The predicted octanol–water partition coefficient (Wildman–Crippen LogP) is 2.09. The molecule has 1 aromatic rings. The highest BCUT2D eigenvalue weighted by molar-refractivity contribution is 14.1. The number of rotatable bonds is 1. The summed E-state index contributed by atoms with van der Waals surface area (Å²) in [5.41, 5.74) is 1.35. The molecule has 0 bridgehead atoms. The van der Waals surface area contributed by atoms with E-state index in [0.29, 0.717) is 6.04 Å². The normalized spacial score (nSPS) is 22.4. The summed E-state index contributed by atoms with van der Waals surface area (Å²) in [7, 11) is 0. The third kappa shape index (κ3) is 2.39. The second-order valence-electron chi connectivity index (χ2n) is 3.78. The quantitative estimate of drug-likeness (QED) is 0.799. The van der Waals surface area contributed by atoms with Crippen LogP contribution in [0.5, 0.6) is 0 Å². The maximum absolute atomic E-state index is 3.45. The number of nitrogens with one attached hydrogen (secondary N) is 1. The van der Waals surface area contributed by atoms with Crippen LogP contribution in [-0.4, -0.2) is 25.7 Å². The largest absolute Gasteiger partial charge is 0.369 e. The molecule has 1 aliphatic rings. The number of hydrogen-bond donors (Lipinski definition) is 1. The van der Waals surface area contributed by atoms with Crippen molar-refractivity contribution in [2.75, 3.05) is 24.5 Å². The highest BCUT2D eigenvalue weighted by Crippen LogP contribution is 2.17. The smallest absolute Gasteiger partial charge is 0.0367 e. The Morgan fingerprint density at radius 2 is 2.07 bits per heavy atom. The third-order valence-corrected chi connectivity index (χ3v) is 3.28. The molecule has 0 amide bonds. The maximum atomic E-state index is 3.45. The Morgan fingerprint density at radius 3 is 2.71 bits per heavy atom. The first-order chi connectivity index (χ1) is 6.75. The predicted molar refractivity (Wildman–Crippen MR) is 68.8 cm³/mol. The molecule has 2 nitrogen and oxygen atoms in total. The number of nitrogens with zero attached hydrogens (tertiary/aromatic N) is 1. The van der Waals surface area contributed by atoms with Crippen molar-refractivity contribution in [1.82, 2.24) is 5.32 Å². The lowest BCUT2D eigenvalue weighted by atomic mass is 10.2. The van der Waals surface area contributed by atoms with Gasteiger partial charge in [-0.3, -0.25) is 0 Å². The first kappa shape index (κ1) is 10.2. The maximum Gasteiger partial charge on any atom is 0.0367 e. The second-order valence-corrected chi connectivity index (χ2v) is 5.02. The van der Waals surface area contributed by atoms with Crippen LogP contribution in [0.25, 0.3) is 0 Å². The van der Waals surface area contributed by atoms with Crippen molar-refractivity contribution in [3.8, 4) is 0 Å². The van der Waals surface area contributed by atoms with Crippen molar-refractivity contribution >= 4 is 28.3 Å². The highest BCUT2D eigenvalue weighted by Gasteiger charge is 2.15. The molecule has 1 fully saturated rings. The van der Waals surface area contributed by atoms with Crippen LogP contribution < -0.4 is 10.2 Å². The molecular formula is C11H15IN2. The summed E-state index contributed by atoms with van der Waals surface area (Å²) in [6.45, 7) is 5.55. The van der Waals surface area contributed by atoms with E-state index in [1.165, 1.54) is 9.26 Å². The third-order valence-electron chi connectivity index (χ3n) is 2.56. The fourth-order valence-corrected chi connectivity index (χ4v) is 2.18. The molecule has 1 saturated heterocycles. The Bertz CT molecular complexity index is 297. The van der Waals surface area contributed by atoms with Gasteiger partial charge < -0.3 is 10.2 Å². The van der Waals surface area contributed by atoms with Crippen LogP contribution in [0.4, 0.5) is 5.69 Å². The molecule has 1 heterocycles. The van der Waals surface area contributed by atoms with E-state index in [-0.39, 0.29) is 0 Å². The van der Waals surface area contributed by atoms with Gasteiger partial charge in [0.05, 0.1) is 0 Å². The molecule has 76 valence electrons. The molecule has 0 saturated carbocycles. The zero-order chi connectivity index (χ0) is 9.97. The molecule has 1 aliphatic heterocycles. The summed E-state index contributed by atoms with van der Waals surface area (Å²) in [6, 6.07) is 9.35. The van der Waals surface area contributed by atoms with E-state index in [4.69, 9.17) is 0 Å². The standard InChI is InChI=1S/C11H15IN2/c1-9-8-14(7-6-13-9)11-4-2-10(12)3-5-11/h2-5,9,13H,6-8H2,1H3. The lowest BCUT2D eigenvalue weighted by Gasteiger charge is -2.33. The second kappa shape index (κ2) is 4.49. The van der Waals surface area contributed by atoms with Gasteiger partial charge in [-0.05, 0) is 53.8 Å². The van der Waals surface area contributed by atoms with Gasteiger partial charge in [-0.2, -0.15) is 0 Å². The summed E-state index contributed by atoms with van der Waals surface area (Å²) in [6.07, 6.45) is 0. The van der Waals surface area contributed by atoms with Gasteiger partial charge >= 0.3 is 0 Å². The lowest BCUT2D eigenvalue weighted by Crippen LogP contribution is -2.49. The minimum absolute atomic E-state index is 0.600. The summed E-state index contributed by atoms with van der Waals surface area (Å²) < 4.78 is 1.30. The fourth-order valence-electron chi connectivity index (χ4n) is 1.82. The number of piperazine rings is 1. The molecule has 1 aromatic carbocycles. The van der Waals surface area contributed by atoms with Crippen LogP contribution in [0.2, 0.25) is 0 Å². The molecule has 0 radical (unpaired) electrons. The number of halogens is 1.